The van der Waals surface area contributed by atoms with Crippen LogP contribution < -0.4 is 25.8 Å². The molecule has 5 heterocycles. The van der Waals surface area contributed by atoms with Gasteiger partial charge >= 0.3 is 0 Å². The van der Waals surface area contributed by atoms with Gasteiger partial charge in [-0.1, -0.05) is 50.1 Å². The van der Waals surface area contributed by atoms with E-state index in [1.807, 2.05) is 36.2 Å². The smallest absolute Gasteiger partial charge is 0.246 e. The fraction of sp³-hybridized carbons (Fsp3) is 0.543. The quantitative estimate of drug-likeness (QED) is 0.185. The Morgan fingerprint density at radius 2 is 1.68 bits per heavy atom. The van der Waals surface area contributed by atoms with E-state index in [4.69, 9.17) is 5.11 Å². The number of allylic oxidation sites excluding steroid dienone is 1. The number of piperidine rings is 3. The third-order valence-electron chi connectivity index (χ3n) is 13.8. The van der Waals surface area contributed by atoms with Crippen LogP contribution in [0.3, 0.4) is 0 Å². The number of carbonyl (C=O) groups excluding carboxylic acids is 3. The number of amides is 3. The number of carbonyl (C=O) groups is 3. The molecule has 2 aliphatic carbocycles. The van der Waals surface area contributed by atoms with Crippen LogP contribution in [0.5, 0.6) is 0 Å². The van der Waals surface area contributed by atoms with Gasteiger partial charge in [-0.05, 0) is 113 Å². The molecule has 0 bridgehead atoms. The Kier molecular flexibility index (Phi) is 13.0. The first-order valence-electron chi connectivity index (χ1n) is 22.3. The van der Waals surface area contributed by atoms with Crippen LogP contribution in [0.4, 0.5) is 23.1 Å². The molecule has 1 spiro atoms. The van der Waals surface area contributed by atoms with Crippen LogP contribution in [-0.2, 0) is 36.4 Å². The molecule has 1 unspecified atom stereocenters. The van der Waals surface area contributed by atoms with Crippen LogP contribution in [0.15, 0.2) is 65.8 Å². The number of aliphatic hydroxyl groups is 1. The number of aromatic nitrogens is 2. The third-order valence-corrected chi connectivity index (χ3v) is 15.7. The largest absolute Gasteiger partial charge is 0.393 e. The Hall–Kier alpha value is -4.90. The van der Waals surface area contributed by atoms with Gasteiger partial charge in [0.15, 0.2) is 0 Å². The molecule has 16 heteroatoms. The summed E-state index contributed by atoms with van der Waals surface area (Å²) < 4.78 is 29.2. The Morgan fingerprint density at radius 3 is 2.34 bits per heavy atom. The van der Waals surface area contributed by atoms with Crippen LogP contribution in [0.1, 0.15) is 106 Å². The highest BCUT2D eigenvalue weighted by Crippen LogP contribution is 2.54. The van der Waals surface area contributed by atoms with Crippen molar-refractivity contribution >= 4 is 51.4 Å². The van der Waals surface area contributed by atoms with E-state index < -0.39 is 15.4 Å². The first kappa shape index (κ1) is 43.7. The summed E-state index contributed by atoms with van der Waals surface area (Å²) in [4.78, 5) is 52.6. The number of likely N-dealkylation sites (N-methyl/N-ethyl adjacent to an activating group) is 1. The van der Waals surface area contributed by atoms with Gasteiger partial charge in [-0.25, -0.2) is 13.4 Å². The normalized spacial score (nSPS) is 22.2. The number of fused-ring (bicyclic) bond motifs is 2. The molecular formula is C46H61N9O6S. The lowest BCUT2D eigenvalue weighted by Crippen LogP contribution is -2.48. The monoisotopic (exact) mass is 867 g/mol. The molecule has 5 fully saturated rings. The highest BCUT2D eigenvalue weighted by molar-refractivity contribution is 7.89. The second-order valence-electron chi connectivity index (χ2n) is 18.0. The van der Waals surface area contributed by atoms with Gasteiger partial charge in [-0.2, -0.15) is 9.29 Å². The van der Waals surface area contributed by atoms with Gasteiger partial charge in [0.25, 0.3) is 0 Å². The molecule has 2 saturated carbocycles. The molecule has 3 aromatic rings. The van der Waals surface area contributed by atoms with E-state index in [0.717, 1.165) is 91.8 Å². The first-order valence-corrected chi connectivity index (χ1v) is 23.8. The molecular weight excluding hydrogens is 807 g/mol. The molecule has 1 atom stereocenters. The second kappa shape index (κ2) is 18.4. The summed E-state index contributed by atoms with van der Waals surface area (Å²) in [6.07, 6.45) is 14.5. The highest BCUT2D eigenvalue weighted by atomic mass is 32.2. The van der Waals surface area contributed by atoms with Gasteiger partial charge in [0.1, 0.15) is 11.9 Å². The summed E-state index contributed by atoms with van der Waals surface area (Å²) in [7, 11) is -0.0158. The van der Waals surface area contributed by atoms with Crippen LogP contribution in [0, 0.1) is 0 Å². The Morgan fingerprint density at radius 1 is 0.952 bits per heavy atom. The van der Waals surface area contributed by atoms with E-state index in [2.05, 4.69) is 43.5 Å². The van der Waals surface area contributed by atoms with Crippen molar-refractivity contribution in [2.75, 3.05) is 60.7 Å². The van der Waals surface area contributed by atoms with Crippen molar-refractivity contribution in [2.45, 2.75) is 124 Å². The molecule has 0 radical (unpaired) electrons. The van der Waals surface area contributed by atoms with Crippen molar-refractivity contribution in [1.82, 2.24) is 24.5 Å². The van der Waals surface area contributed by atoms with Crippen LogP contribution >= 0.6 is 0 Å². The zero-order valence-electron chi connectivity index (χ0n) is 36.0. The Balaban J connectivity index is 0.000000689. The molecule has 62 heavy (non-hydrogen) atoms. The minimum absolute atomic E-state index is 0.00167. The fourth-order valence-corrected chi connectivity index (χ4v) is 11.4. The molecule has 332 valence electrons. The number of nitrogens with zero attached hydrogens (tertiary/aromatic N) is 6. The van der Waals surface area contributed by atoms with E-state index in [0.29, 0.717) is 62.0 Å². The fourth-order valence-electron chi connectivity index (χ4n) is 9.88. The van der Waals surface area contributed by atoms with Crippen molar-refractivity contribution in [3.63, 3.8) is 0 Å². The maximum Gasteiger partial charge on any atom is 0.246 e. The van der Waals surface area contributed by atoms with Crippen molar-refractivity contribution in [2.24, 2.45) is 0 Å². The number of nitrogens with one attached hydrogen (secondary N) is 3. The topological polar surface area (TPSA) is 180 Å². The number of anilines is 4. The van der Waals surface area contributed by atoms with E-state index >= 15 is 0 Å². The van der Waals surface area contributed by atoms with Gasteiger partial charge in [0.2, 0.25) is 34.2 Å². The number of likely N-dealkylation sites (tertiary alicyclic amines) is 1. The molecule has 4 aliphatic heterocycles. The standard InChI is InChI=1S/C40H49N9O5S.C6H12O/c1-26-10-11-34(37(51)42-26)47(3)33-9-5-8-31(35(33)46(2)25-50)28-12-18-48(19-13-28)24-27-6-4-7-30(22-27)55(53,54)49-20-14-29(15-21-49)43-39-41-23-32-36(45-39)44-38(52)40(32)16-17-40;7-6-4-2-1-3-5-6/h4-9,22-23,25,28-29,34H,1,10-21,24H2,2-3H3,(H,42,51)(H2,41,43,44,45,52);6-7H,1-5H2. The average Bonchev–Trinajstić information content (AvgIpc) is 4.04. The van der Waals surface area contributed by atoms with Crippen molar-refractivity contribution < 1.29 is 27.9 Å². The summed E-state index contributed by atoms with van der Waals surface area (Å²) in [5.41, 5.74) is 4.88. The molecule has 15 nitrogen and oxygen atoms in total. The predicted molar refractivity (Wildman–Crippen MR) is 239 cm³/mol. The zero-order valence-corrected chi connectivity index (χ0v) is 36.8. The summed E-state index contributed by atoms with van der Waals surface area (Å²) in [5.74, 6) is 1.16. The van der Waals surface area contributed by atoms with Crippen LogP contribution in [-0.4, -0.2) is 109 Å². The van der Waals surface area contributed by atoms with Crippen LogP contribution in [0.25, 0.3) is 0 Å². The van der Waals surface area contributed by atoms with E-state index in [1.165, 1.54) is 19.3 Å². The maximum atomic E-state index is 13.8. The Labute approximate surface area is 365 Å². The second-order valence-corrected chi connectivity index (χ2v) is 19.9. The number of sulfonamides is 1. The van der Waals surface area contributed by atoms with Gasteiger partial charge < -0.3 is 30.9 Å². The zero-order chi connectivity index (χ0) is 43.6. The number of para-hydroxylation sites is 1. The predicted octanol–water partition coefficient (Wildman–Crippen LogP) is 5.24. The summed E-state index contributed by atoms with van der Waals surface area (Å²) in [6.45, 7) is 6.94. The SMILES string of the molecule is C=C1CCC(N(C)c2cccc(C3CCN(Cc4cccc(S(=O)(=O)N5CCC(Nc6ncc7c(n6)NC(=O)C76CC6)CC5)c4)CC3)c2N(C)C=O)C(=O)N1.OC1CCCCC1. The van der Waals surface area contributed by atoms with Crippen molar-refractivity contribution in [3.05, 3.63) is 77.6 Å². The van der Waals surface area contributed by atoms with Gasteiger partial charge in [-0.15, -0.1) is 0 Å². The minimum atomic E-state index is -3.69. The minimum Gasteiger partial charge on any atom is -0.393 e. The van der Waals surface area contributed by atoms with Crippen LogP contribution in [0.2, 0.25) is 0 Å². The summed E-state index contributed by atoms with van der Waals surface area (Å²) in [6, 6.07) is 13.0. The van der Waals surface area contributed by atoms with E-state index in [1.54, 1.807) is 34.6 Å². The molecule has 3 saturated heterocycles. The van der Waals surface area contributed by atoms with Gasteiger partial charge in [-0.3, -0.25) is 19.3 Å². The number of rotatable bonds is 11. The van der Waals surface area contributed by atoms with E-state index in [9.17, 15) is 22.8 Å². The summed E-state index contributed by atoms with van der Waals surface area (Å²) >= 11 is 0. The number of aliphatic hydroxyl groups excluding tert-OH is 1. The lowest BCUT2D eigenvalue weighted by Gasteiger charge is -2.37. The molecule has 3 amide bonds. The molecule has 2 aromatic carbocycles. The average molecular weight is 868 g/mol. The number of hydrogen-bond acceptors (Lipinski definition) is 11. The lowest BCUT2D eigenvalue weighted by atomic mass is 9.87. The highest BCUT2D eigenvalue weighted by Gasteiger charge is 2.57. The molecule has 9 rings (SSSR count). The third kappa shape index (κ3) is 9.24. The van der Waals surface area contributed by atoms with Crippen molar-refractivity contribution in [1.29, 1.82) is 0 Å². The first-order chi connectivity index (χ1) is 29.9. The summed E-state index contributed by atoms with van der Waals surface area (Å²) in [5, 5.41) is 18.0. The molecule has 1 aromatic heterocycles. The van der Waals surface area contributed by atoms with Crippen molar-refractivity contribution in [3.8, 4) is 0 Å². The van der Waals surface area contributed by atoms with Gasteiger partial charge in [0.05, 0.1) is 27.8 Å². The lowest BCUT2D eigenvalue weighted by molar-refractivity contribution is -0.122. The number of hydrogen-bond donors (Lipinski definition) is 4. The Bertz CT molecular complexity index is 2260. The van der Waals surface area contributed by atoms with Gasteiger partial charge in [0, 0.05) is 57.2 Å². The number of benzene rings is 2. The van der Waals surface area contributed by atoms with E-state index in [-0.39, 0.29) is 35.9 Å². The molecule has 4 N–H and O–H groups in total. The molecule has 6 aliphatic rings. The maximum absolute atomic E-state index is 13.8.